The Morgan fingerprint density at radius 2 is 1.92 bits per heavy atom. The highest BCUT2D eigenvalue weighted by atomic mass is 32.1. The predicted octanol–water partition coefficient (Wildman–Crippen LogP) is 2.87. The zero-order valence-corrected chi connectivity index (χ0v) is 15.2. The first-order chi connectivity index (χ1) is 11.9. The maximum absolute atomic E-state index is 12.8. The summed E-state index contributed by atoms with van der Waals surface area (Å²) in [6.07, 6.45) is 5.18. The van der Waals surface area contributed by atoms with E-state index in [9.17, 15) is 19.5 Å². The fourth-order valence-corrected chi connectivity index (χ4v) is 5.26. The molecule has 1 fully saturated rings. The molecule has 25 heavy (non-hydrogen) atoms. The Bertz CT molecular complexity index is 766. The Labute approximate surface area is 149 Å². The van der Waals surface area contributed by atoms with Crippen LogP contribution in [0.2, 0.25) is 0 Å². The Balaban J connectivity index is 1.90. The second kappa shape index (κ2) is 6.63. The number of thiophene rings is 1. The van der Waals surface area contributed by atoms with E-state index in [4.69, 9.17) is 4.74 Å². The maximum Gasteiger partial charge on any atom is 0.341 e. The van der Waals surface area contributed by atoms with Crippen molar-refractivity contribution in [2.75, 3.05) is 12.4 Å². The number of hydrogen-bond acceptors (Lipinski definition) is 5. The third-order valence-corrected chi connectivity index (χ3v) is 6.30. The van der Waals surface area contributed by atoms with Gasteiger partial charge in [0.05, 0.1) is 24.5 Å². The van der Waals surface area contributed by atoms with Gasteiger partial charge in [0.15, 0.2) is 0 Å². The zero-order valence-electron chi connectivity index (χ0n) is 14.4. The average molecular weight is 363 g/mol. The molecule has 1 amide bonds. The van der Waals surface area contributed by atoms with Crippen molar-refractivity contribution in [1.82, 2.24) is 0 Å². The molecule has 0 spiro atoms. The van der Waals surface area contributed by atoms with E-state index < -0.39 is 23.8 Å². The SMILES string of the molecule is CCc1c(C)sc(NC(=O)C2C3C=CC(C3)C2C(=O)O)c1C(=O)OC. The summed E-state index contributed by atoms with van der Waals surface area (Å²) >= 11 is 1.33. The van der Waals surface area contributed by atoms with Crippen molar-refractivity contribution in [1.29, 1.82) is 0 Å². The second-order valence-corrected chi connectivity index (χ2v) is 7.74. The number of carboxylic acids is 1. The number of methoxy groups -OCH3 is 1. The monoisotopic (exact) mass is 363 g/mol. The first-order valence-electron chi connectivity index (χ1n) is 8.31. The number of nitrogens with one attached hydrogen (secondary N) is 1. The van der Waals surface area contributed by atoms with Crippen molar-refractivity contribution in [3.63, 3.8) is 0 Å². The van der Waals surface area contributed by atoms with E-state index >= 15 is 0 Å². The van der Waals surface area contributed by atoms with E-state index in [1.165, 1.54) is 18.4 Å². The highest BCUT2D eigenvalue weighted by Gasteiger charge is 2.51. The number of aliphatic carboxylic acids is 1. The number of ether oxygens (including phenoxy) is 1. The van der Waals surface area contributed by atoms with Gasteiger partial charge in [-0.1, -0.05) is 19.1 Å². The van der Waals surface area contributed by atoms with Gasteiger partial charge in [-0.25, -0.2) is 4.79 Å². The normalized spacial score (nSPS) is 26.7. The molecular weight excluding hydrogens is 342 g/mol. The van der Waals surface area contributed by atoms with Crippen molar-refractivity contribution in [3.05, 3.63) is 28.2 Å². The first kappa shape index (κ1) is 17.7. The number of amides is 1. The van der Waals surface area contributed by atoms with Crippen LogP contribution >= 0.6 is 11.3 Å². The average Bonchev–Trinajstić information content (AvgIpc) is 3.26. The summed E-state index contributed by atoms with van der Waals surface area (Å²) < 4.78 is 4.86. The van der Waals surface area contributed by atoms with E-state index in [0.29, 0.717) is 23.4 Å². The number of esters is 1. The Morgan fingerprint density at radius 3 is 2.48 bits per heavy atom. The second-order valence-electron chi connectivity index (χ2n) is 6.51. The lowest BCUT2D eigenvalue weighted by molar-refractivity contribution is -0.146. The van der Waals surface area contributed by atoms with Crippen molar-refractivity contribution in [2.24, 2.45) is 23.7 Å². The summed E-state index contributed by atoms with van der Waals surface area (Å²) in [6, 6.07) is 0. The topological polar surface area (TPSA) is 92.7 Å². The van der Waals surface area contributed by atoms with Crippen molar-refractivity contribution >= 4 is 34.2 Å². The molecule has 2 aliphatic rings. The number of allylic oxidation sites excluding steroid dienone is 2. The summed E-state index contributed by atoms with van der Waals surface area (Å²) in [6.45, 7) is 3.83. The van der Waals surface area contributed by atoms with Crippen LogP contribution in [-0.4, -0.2) is 30.1 Å². The summed E-state index contributed by atoms with van der Waals surface area (Å²) in [4.78, 5) is 37.5. The number of fused-ring (bicyclic) bond motifs is 2. The number of aryl methyl sites for hydroxylation is 1. The van der Waals surface area contributed by atoms with E-state index in [1.54, 1.807) is 0 Å². The molecule has 1 aromatic rings. The number of carbonyl (C=O) groups is 3. The largest absolute Gasteiger partial charge is 0.481 e. The van der Waals surface area contributed by atoms with Crippen LogP contribution in [0.15, 0.2) is 12.2 Å². The third kappa shape index (κ3) is 2.86. The molecule has 1 aromatic heterocycles. The van der Waals surface area contributed by atoms with Crippen molar-refractivity contribution < 1.29 is 24.2 Å². The lowest BCUT2D eigenvalue weighted by atomic mass is 9.82. The molecule has 4 unspecified atom stereocenters. The first-order valence-corrected chi connectivity index (χ1v) is 9.13. The standard InChI is InChI=1S/C18H21NO5S/c1-4-11-8(2)25-16(14(11)18(23)24-3)19-15(20)12-9-5-6-10(7-9)13(12)17(21)22/h5-6,9-10,12-13H,4,7H2,1-3H3,(H,19,20)(H,21,22). The highest BCUT2D eigenvalue weighted by molar-refractivity contribution is 7.16. The molecular formula is C18H21NO5S. The van der Waals surface area contributed by atoms with Gasteiger partial charge in [-0.15, -0.1) is 11.3 Å². The molecule has 6 nitrogen and oxygen atoms in total. The summed E-state index contributed by atoms with van der Waals surface area (Å²) in [5.74, 6) is -3.22. The molecule has 0 radical (unpaired) electrons. The van der Waals surface area contributed by atoms with E-state index in [-0.39, 0.29) is 17.7 Å². The molecule has 2 aliphatic carbocycles. The molecule has 134 valence electrons. The van der Waals surface area contributed by atoms with Crippen LogP contribution in [0, 0.1) is 30.6 Å². The lowest BCUT2D eigenvalue weighted by Gasteiger charge is -2.23. The lowest BCUT2D eigenvalue weighted by Crippen LogP contribution is -2.36. The minimum absolute atomic E-state index is 0.0561. The summed E-state index contributed by atoms with van der Waals surface area (Å²) in [5.41, 5.74) is 1.24. The molecule has 2 N–H and O–H groups in total. The fourth-order valence-electron chi connectivity index (χ4n) is 4.12. The molecule has 1 saturated carbocycles. The minimum Gasteiger partial charge on any atom is -0.481 e. The maximum atomic E-state index is 12.8. The predicted molar refractivity (Wildman–Crippen MR) is 93.8 cm³/mol. The van der Waals surface area contributed by atoms with Gasteiger partial charge >= 0.3 is 11.9 Å². The van der Waals surface area contributed by atoms with Gasteiger partial charge in [-0.3, -0.25) is 9.59 Å². The van der Waals surface area contributed by atoms with E-state index in [1.807, 2.05) is 26.0 Å². The van der Waals surface area contributed by atoms with E-state index in [0.717, 1.165) is 10.4 Å². The van der Waals surface area contributed by atoms with Crippen LogP contribution in [0.3, 0.4) is 0 Å². The Hall–Kier alpha value is -2.15. The number of rotatable bonds is 5. The van der Waals surface area contributed by atoms with E-state index in [2.05, 4.69) is 5.32 Å². The van der Waals surface area contributed by atoms with Crippen LogP contribution in [-0.2, 0) is 20.7 Å². The van der Waals surface area contributed by atoms with Crippen LogP contribution in [0.5, 0.6) is 0 Å². The summed E-state index contributed by atoms with van der Waals surface area (Å²) in [7, 11) is 1.31. The van der Waals surface area contributed by atoms with Crippen LogP contribution in [0.4, 0.5) is 5.00 Å². The number of hydrogen-bond donors (Lipinski definition) is 2. The Morgan fingerprint density at radius 1 is 1.28 bits per heavy atom. The molecule has 1 heterocycles. The smallest absolute Gasteiger partial charge is 0.341 e. The molecule has 3 rings (SSSR count). The minimum atomic E-state index is -0.943. The molecule has 2 bridgehead atoms. The van der Waals surface area contributed by atoms with Gasteiger partial charge in [0.1, 0.15) is 5.00 Å². The van der Waals surface area contributed by atoms with Gasteiger partial charge < -0.3 is 15.2 Å². The molecule has 7 heteroatoms. The van der Waals surface area contributed by atoms with Gasteiger partial charge in [-0.05, 0) is 37.2 Å². The Kier molecular flexibility index (Phi) is 4.69. The van der Waals surface area contributed by atoms with Crippen molar-refractivity contribution in [3.8, 4) is 0 Å². The number of anilines is 1. The van der Waals surface area contributed by atoms with Gasteiger partial charge in [0.2, 0.25) is 5.91 Å². The van der Waals surface area contributed by atoms with Crippen LogP contribution in [0.25, 0.3) is 0 Å². The van der Waals surface area contributed by atoms with Gasteiger partial charge in [0, 0.05) is 4.88 Å². The van der Waals surface area contributed by atoms with Crippen LogP contribution in [0.1, 0.15) is 34.1 Å². The van der Waals surface area contributed by atoms with Crippen molar-refractivity contribution in [2.45, 2.75) is 26.7 Å². The summed E-state index contributed by atoms with van der Waals surface area (Å²) in [5, 5.41) is 12.8. The van der Waals surface area contributed by atoms with Gasteiger partial charge in [-0.2, -0.15) is 0 Å². The highest BCUT2D eigenvalue weighted by Crippen LogP contribution is 2.48. The van der Waals surface area contributed by atoms with Crippen LogP contribution < -0.4 is 5.32 Å². The molecule has 0 saturated heterocycles. The third-order valence-electron chi connectivity index (χ3n) is 5.24. The zero-order chi connectivity index (χ0) is 18.3. The molecule has 0 aliphatic heterocycles. The molecule has 0 aromatic carbocycles. The fraction of sp³-hybridized carbons (Fsp3) is 0.500. The quantitative estimate of drug-likeness (QED) is 0.620. The molecule has 4 atom stereocenters. The number of carbonyl (C=O) groups excluding carboxylic acids is 2. The number of carboxylic acid groups (broad SMARTS) is 1. The van der Waals surface area contributed by atoms with Gasteiger partial charge in [0.25, 0.3) is 0 Å².